The number of ether oxygens (including phenoxy) is 4. The quantitative estimate of drug-likeness (QED) is 0.142. The Morgan fingerprint density at radius 3 is 1.29 bits per heavy atom. The van der Waals surface area contributed by atoms with E-state index in [4.69, 9.17) is 28.9 Å². The molecule has 8 aromatic heterocycles. The Hall–Kier alpha value is -7.20. The maximum atomic E-state index is 14.0. The van der Waals surface area contributed by atoms with Crippen LogP contribution < -0.4 is 0 Å². The van der Waals surface area contributed by atoms with E-state index in [1.54, 1.807) is 45.6 Å². The third-order valence-corrected chi connectivity index (χ3v) is 17.4. The third-order valence-electron chi connectivity index (χ3n) is 15.0. The molecule has 0 atom stereocenters. The average Bonchev–Trinajstić information content (AvgIpc) is 1.65. The molecule has 0 spiro atoms. The molecular formula is C62H82N12O8S2. The molecule has 0 unspecified atom stereocenters. The zero-order valence-electron chi connectivity index (χ0n) is 52.4. The molecule has 450 valence electrons. The molecule has 84 heavy (non-hydrogen) atoms. The summed E-state index contributed by atoms with van der Waals surface area (Å²) >= 11 is 3.06. The van der Waals surface area contributed by atoms with Crippen molar-refractivity contribution in [3.63, 3.8) is 0 Å². The molecule has 2 amide bonds. The van der Waals surface area contributed by atoms with Crippen LogP contribution in [-0.4, -0.2) is 131 Å². The Balaban J connectivity index is 0.000000202. The highest BCUT2D eigenvalue weighted by Gasteiger charge is 2.37. The standard InChI is InChI=1S/C31H42N6O4S.C31H40N6O4S/c2*1-17(2)22-23-27(42-26(34-23)20-11-13-35(14-12-20)28(38)40-30(5,6)7)37(29(39)41-31(8,9)10)24(22)21-15-36-25(32-16-33-36)19(4)18(21)3/h15-17,20H,11-14H2,1-10H3;15-16,20H,1,11-14H2,2-10H3. The van der Waals surface area contributed by atoms with Gasteiger partial charge in [0.2, 0.25) is 0 Å². The number of fused-ring (bicyclic) bond motifs is 4. The minimum absolute atomic E-state index is 0.0845. The van der Waals surface area contributed by atoms with E-state index in [2.05, 4.69) is 47.5 Å². The average molecular weight is 1190 g/mol. The highest BCUT2D eigenvalue weighted by Crippen LogP contribution is 2.47. The molecule has 0 bridgehead atoms. The smallest absolute Gasteiger partial charge is 0.420 e. The number of carbonyl (C=O) groups excluding carboxylic acids is 4. The molecule has 0 N–H and O–H groups in total. The maximum absolute atomic E-state index is 14.0. The van der Waals surface area contributed by atoms with Crippen molar-refractivity contribution in [2.24, 2.45) is 0 Å². The van der Waals surface area contributed by atoms with Gasteiger partial charge in [0, 0.05) is 72.7 Å². The summed E-state index contributed by atoms with van der Waals surface area (Å²) in [5.41, 5.74) is 10.5. The van der Waals surface area contributed by atoms with Crippen molar-refractivity contribution < 1.29 is 38.1 Å². The molecular weight excluding hydrogens is 1100 g/mol. The summed E-state index contributed by atoms with van der Waals surface area (Å²) in [4.78, 5) is 77.3. The fourth-order valence-corrected chi connectivity index (χ4v) is 13.4. The summed E-state index contributed by atoms with van der Waals surface area (Å²) in [5, 5.41) is 10.7. The van der Waals surface area contributed by atoms with Crippen molar-refractivity contribution in [1.82, 2.24) is 58.1 Å². The Bertz CT molecular complexity index is 3860. The molecule has 10 rings (SSSR count). The van der Waals surface area contributed by atoms with Gasteiger partial charge >= 0.3 is 24.4 Å². The minimum atomic E-state index is -0.697. The lowest BCUT2D eigenvalue weighted by atomic mass is 9.95. The molecule has 0 radical (unpaired) electrons. The van der Waals surface area contributed by atoms with Gasteiger partial charge in [0.25, 0.3) is 0 Å². The van der Waals surface area contributed by atoms with E-state index in [-0.39, 0.29) is 29.9 Å². The van der Waals surface area contributed by atoms with Crippen molar-refractivity contribution in [2.75, 3.05) is 26.2 Å². The molecule has 0 aliphatic carbocycles. The van der Waals surface area contributed by atoms with Gasteiger partial charge in [0.05, 0.1) is 21.4 Å². The molecule has 2 saturated heterocycles. The minimum Gasteiger partial charge on any atom is -0.444 e. The fourth-order valence-electron chi connectivity index (χ4n) is 10.9. The van der Waals surface area contributed by atoms with Crippen LogP contribution in [0.2, 0.25) is 0 Å². The Labute approximate surface area is 499 Å². The van der Waals surface area contributed by atoms with Gasteiger partial charge in [0.1, 0.15) is 55.8 Å². The first kappa shape index (κ1) is 61.4. The Morgan fingerprint density at radius 1 is 0.548 bits per heavy atom. The van der Waals surface area contributed by atoms with Gasteiger partial charge < -0.3 is 28.7 Å². The lowest BCUT2D eigenvalue weighted by Crippen LogP contribution is -2.41. The molecule has 22 heteroatoms. The molecule has 10 heterocycles. The maximum Gasteiger partial charge on any atom is 0.420 e. The van der Waals surface area contributed by atoms with Crippen LogP contribution in [0.15, 0.2) is 31.6 Å². The van der Waals surface area contributed by atoms with Crippen molar-refractivity contribution >= 4 is 84.6 Å². The largest absolute Gasteiger partial charge is 0.444 e. The van der Waals surface area contributed by atoms with Gasteiger partial charge in [-0.3, -0.25) is 0 Å². The van der Waals surface area contributed by atoms with Crippen LogP contribution in [0.3, 0.4) is 0 Å². The predicted molar refractivity (Wildman–Crippen MR) is 330 cm³/mol. The number of nitrogens with zero attached hydrogens (tertiary/aromatic N) is 12. The van der Waals surface area contributed by atoms with Crippen molar-refractivity contribution in [3.05, 3.63) is 75.0 Å². The Morgan fingerprint density at radius 2 is 0.905 bits per heavy atom. The molecule has 2 aliphatic heterocycles. The van der Waals surface area contributed by atoms with Crippen molar-refractivity contribution in [2.45, 2.75) is 197 Å². The number of hydrogen-bond acceptors (Lipinski definition) is 16. The lowest BCUT2D eigenvalue weighted by molar-refractivity contribution is 0.0194. The molecule has 0 aromatic carbocycles. The summed E-state index contributed by atoms with van der Waals surface area (Å²) in [6, 6.07) is 0. The highest BCUT2D eigenvalue weighted by atomic mass is 32.1. The number of aromatic nitrogens is 10. The number of hydrogen-bond donors (Lipinski definition) is 0. The van der Waals surface area contributed by atoms with Gasteiger partial charge in [0.15, 0.2) is 11.3 Å². The summed E-state index contributed by atoms with van der Waals surface area (Å²) in [6.07, 6.45) is 8.56. The number of amides is 2. The van der Waals surface area contributed by atoms with E-state index in [1.165, 1.54) is 17.7 Å². The summed E-state index contributed by atoms with van der Waals surface area (Å²) in [6.45, 7) is 43.5. The number of rotatable bonds is 6. The van der Waals surface area contributed by atoms with E-state index in [9.17, 15) is 19.2 Å². The summed E-state index contributed by atoms with van der Waals surface area (Å²) in [7, 11) is 0. The second-order valence-electron chi connectivity index (χ2n) is 26.6. The van der Waals surface area contributed by atoms with E-state index in [0.29, 0.717) is 31.9 Å². The van der Waals surface area contributed by atoms with E-state index < -0.39 is 34.6 Å². The number of carbonyl (C=O) groups is 4. The first-order chi connectivity index (χ1) is 39.1. The molecule has 2 fully saturated rings. The molecule has 20 nitrogen and oxygen atoms in total. The number of pyridine rings is 2. The Kier molecular flexibility index (Phi) is 16.6. The normalized spacial score (nSPS) is 15.1. The molecule has 8 aromatic rings. The van der Waals surface area contributed by atoms with E-state index in [0.717, 1.165) is 123 Å². The monoisotopic (exact) mass is 1190 g/mol. The van der Waals surface area contributed by atoms with Crippen LogP contribution >= 0.6 is 22.7 Å². The van der Waals surface area contributed by atoms with Gasteiger partial charge in [-0.05, 0) is 177 Å². The van der Waals surface area contributed by atoms with Crippen LogP contribution in [0.1, 0.15) is 191 Å². The van der Waals surface area contributed by atoms with Crippen molar-refractivity contribution in [3.8, 4) is 22.5 Å². The van der Waals surface area contributed by atoms with Crippen LogP contribution in [0.25, 0.3) is 60.1 Å². The number of allylic oxidation sites excluding steroid dienone is 1. The van der Waals surface area contributed by atoms with Crippen LogP contribution in [0.4, 0.5) is 19.2 Å². The number of aryl methyl sites for hydroxylation is 2. The van der Waals surface area contributed by atoms with Gasteiger partial charge in [-0.25, -0.2) is 57.3 Å². The van der Waals surface area contributed by atoms with Crippen LogP contribution in [-0.2, 0) is 18.9 Å². The van der Waals surface area contributed by atoms with E-state index >= 15 is 0 Å². The SMILES string of the molecule is C=C(C)c1c(-c2cn3ncnc3c(C)c2C)n(C(=O)OC(C)(C)C)c2sc(C3CCN(C(=O)OC(C)(C)C)CC3)nc12.Cc1c(-c2c(C(C)C)c3nc(C4CCN(C(=O)OC(C)(C)C)CC4)sc3n2C(=O)OC(C)(C)C)cn2ncnc2c1C. The zero-order valence-corrected chi connectivity index (χ0v) is 54.0. The topological polar surface area (TPSA) is 208 Å². The van der Waals surface area contributed by atoms with Gasteiger partial charge in [-0.1, -0.05) is 43.1 Å². The van der Waals surface area contributed by atoms with Crippen LogP contribution in [0.5, 0.6) is 0 Å². The van der Waals surface area contributed by atoms with Gasteiger partial charge in [-0.15, -0.1) is 0 Å². The first-order valence-corrected chi connectivity index (χ1v) is 30.5. The lowest BCUT2D eigenvalue weighted by Gasteiger charge is -2.32. The number of thiazole rings is 2. The highest BCUT2D eigenvalue weighted by molar-refractivity contribution is 7.18. The van der Waals surface area contributed by atoms with E-state index in [1.807, 2.05) is 123 Å². The predicted octanol–water partition coefficient (Wildman–Crippen LogP) is 14.8. The summed E-state index contributed by atoms with van der Waals surface area (Å²) < 4.78 is 29.9. The molecule has 0 saturated carbocycles. The molecule has 2 aliphatic rings. The zero-order chi connectivity index (χ0) is 61.4. The number of piperidine rings is 2. The fraction of sp³-hybridized carbons (Fsp3) is 0.548. The second kappa shape index (κ2) is 22.7. The number of likely N-dealkylation sites (tertiary alicyclic amines) is 2. The van der Waals surface area contributed by atoms with Gasteiger partial charge in [-0.2, -0.15) is 10.2 Å². The third kappa shape index (κ3) is 12.5. The summed E-state index contributed by atoms with van der Waals surface area (Å²) in [5.74, 6) is 0.429. The van der Waals surface area contributed by atoms with Crippen LogP contribution in [0, 0.1) is 27.7 Å². The first-order valence-electron chi connectivity index (χ1n) is 28.9. The van der Waals surface area contributed by atoms with Crippen molar-refractivity contribution in [1.29, 1.82) is 0 Å². The second-order valence-corrected chi connectivity index (χ2v) is 28.6.